The Morgan fingerprint density at radius 1 is 1.23 bits per heavy atom. The molecular weight excluding hydrogens is 403 g/mol. The minimum atomic E-state index is -0.295. The lowest BCUT2D eigenvalue weighted by molar-refractivity contribution is 0.0827. The van der Waals surface area contributed by atoms with E-state index in [-0.39, 0.29) is 18.3 Å². The first-order valence-electron chi connectivity index (χ1n) is 9.39. The van der Waals surface area contributed by atoms with Crippen molar-refractivity contribution in [2.24, 2.45) is 0 Å². The van der Waals surface area contributed by atoms with Crippen molar-refractivity contribution in [3.63, 3.8) is 0 Å². The van der Waals surface area contributed by atoms with Crippen molar-refractivity contribution < 1.29 is 13.9 Å². The summed E-state index contributed by atoms with van der Waals surface area (Å²) in [6.45, 7) is 2.72. The van der Waals surface area contributed by atoms with Crippen molar-refractivity contribution in [2.75, 3.05) is 14.1 Å². The molecule has 0 unspecified atom stereocenters. The standard InChI is InChI=1S/C22H21FN4O2S/c1-14-25-19-8-16(22(28)26(2)3)9-20(29-11-15-4-6-17(23)7-5-15)21(19)27(14)10-18-12-30-13-24-18/h4-9,12-13H,10-11H2,1-3H3. The maximum atomic E-state index is 13.2. The fraction of sp³-hybridized carbons (Fsp3) is 0.227. The van der Waals surface area contributed by atoms with Crippen LogP contribution in [0.5, 0.6) is 5.75 Å². The molecule has 154 valence electrons. The molecule has 0 spiro atoms. The number of ether oxygens (including phenoxy) is 1. The number of rotatable bonds is 6. The Morgan fingerprint density at radius 2 is 2.00 bits per heavy atom. The topological polar surface area (TPSA) is 60.3 Å². The molecule has 0 fully saturated rings. The van der Waals surface area contributed by atoms with Crippen LogP contribution in [0.4, 0.5) is 4.39 Å². The van der Waals surface area contributed by atoms with Crippen molar-refractivity contribution >= 4 is 28.3 Å². The van der Waals surface area contributed by atoms with Gasteiger partial charge < -0.3 is 14.2 Å². The molecule has 4 rings (SSSR count). The smallest absolute Gasteiger partial charge is 0.253 e. The number of hydrogen-bond acceptors (Lipinski definition) is 5. The van der Waals surface area contributed by atoms with E-state index >= 15 is 0 Å². The monoisotopic (exact) mass is 424 g/mol. The molecule has 1 amide bonds. The Morgan fingerprint density at radius 3 is 2.67 bits per heavy atom. The summed E-state index contributed by atoms with van der Waals surface area (Å²) in [5.74, 6) is 0.934. The molecular formula is C22H21FN4O2S. The third-order valence-electron chi connectivity index (χ3n) is 4.76. The van der Waals surface area contributed by atoms with E-state index in [4.69, 9.17) is 4.74 Å². The van der Waals surface area contributed by atoms with Gasteiger partial charge >= 0.3 is 0 Å². The van der Waals surface area contributed by atoms with Crippen LogP contribution in [0.3, 0.4) is 0 Å². The highest BCUT2D eigenvalue weighted by Crippen LogP contribution is 2.30. The number of amides is 1. The van der Waals surface area contributed by atoms with E-state index in [0.29, 0.717) is 23.4 Å². The predicted octanol–water partition coefficient (Wildman–Crippen LogP) is 4.27. The Hall–Kier alpha value is -3.26. The Bertz CT molecular complexity index is 1180. The van der Waals surface area contributed by atoms with E-state index in [0.717, 1.165) is 22.6 Å². The molecule has 0 aliphatic rings. The first kappa shape index (κ1) is 20.0. The predicted molar refractivity (Wildman–Crippen MR) is 114 cm³/mol. The van der Waals surface area contributed by atoms with Crippen LogP contribution in [0.2, 0.25) is 0 Å². The number of thiazole rings is 1. The summed E-state index contributed by atoms with van der Waals surface area (Å²) in [5, 5.41) is 1.99. The largest absolute Gasteiger partial charge is 0.487 e. The van der Waals surface area contributed by atoms with Crippen molar-refractivity contribution in [3.8, 4) is 5.75 Å². The van der Waals surface area contributed by atoms with Gasteiger partial charge in [0.25, 0.3) is 5.91 Å². The second-order valence-corrected chi connectivity index (χ2v) is 7.90. The molecule has 0 radical (unpaired) electrons. The molecule has 30 heavy (non-hydrogen) atoms. The maximum Gasteiger partial charge on any atom is 0.253 e. The summed E-state index contributed by atoms with van der Waals surface area (Å²) < 4.78 is 21.4. The number of carbonyl (C=O) groups excluding carboxylic acids is 1. The summed E-state index contributed by atoms with van der Waals surface area (Å²) in [7, 11) is 3.41. The van der Waals surface area contributed by atoms with E-state index in [2.05, 4.69) is 9.97 Å². The SMILES string of the molecule is Cc1nc2cc(C(=O)N(C)C)cc(OCc3ccc(F)cc3)c2n1Cc1cscn1. The van der Waals surface area contributed by atoms with Crippen LogP contribution in [0.1, 0.15) is 27.4 Å². The molecule has 0 saturated heterocycles. The molecule has 2 heterocycles. The van der Waals surface area contributed by atoms with Gasteiger partial charge in [0.1, 0.15) is 29.5 Å². The summed E-state index contributed by atoms with van der Waals surface area (Å²) in [5.41, 5.74) is 5.54. The lowest BCUT2D eigenvalue weighted by Gasteiger charge is -2.15. The fourth-order valence-electron chi connectivity index (χ4n) is 3.25. The van der Waals surface area contributed by atoms with E-state index in [9.17, 15) is 9.18 Å². The molecule has 0 aliphatic carbocycles. The Balaban J connectivity index is 1.78. The highest BCUT2D eigenvalue weighted by molar-refractivity contribution is 7.07. The number of benzene rings is 2. The molecule has 0 bridgehead atoms. The minimum absolute atomic E-state index is 0.129. The van der Waals surface area contributed by atoms with Gasteiger partial charge in [-0.1, -0.05) is 12.1 Å². The van der Waals surface area contributed by atoms with Gasteiger partial charge in [-0.3, -0.25) is 4.79 Å². The second kappa shape index (κ2) is 8.23. The molecule has 0 aliphatic heterocycles. The third-order valence-corrected chi connectivity index (χ3v) is 5.40. The lowest BCUT2D eigenvalue weighted by Crippen LogP contribution is -2.21. The zero-order chi connectivity index (χ0) is 21.3. The van der Waals surface area contributed by atoms with Crippen LogP contribution >= 0.6 is 11.3 Å². The first-order valence-corrected chi connectivity index (χ1v) is 10.3. The number of imidazole rings is 1. The van der Waals surface area contributed by atoms with Crippen molar-refractivity contribution in [2.45, 2.75) is 20.1 Å². The zero-order valence-corrected chi connectivity index (χ0v) is 17.7. The molecule has 2 aromatic heterocycles. The van der Waals surface area contributed by atoms with E-state index in [1.807, 2.05) is 16.9 Å². The van der Waals surface area contributed by atoms with Crippen molar-refractivity contribution in [1.82, 2.24) is 19.4 Å². The first-order chi connectivity index (χ1) is 14.4. The normalized spacial score (nSPS) is 11.1. The number of hydrogen-bond donors (Lipinski definition) is 0. The van der Waals surface area contributed by atoms with E-state index in [1.54, 1.807) is 43.9 Å². The van der Waals surface area contributed by atoms with Crippen LogP contribution in [-0.2, 0) is 13.2 Å². The van der Waals surface area contributed by atoms with Gasteiger partial charge in [-0.05, 0) is 36.8 Å². The van der Waals surface area contributed by atoms with Crippen LogP contribution in [0.15, 0.2) is 47.3 Å². The van der Waals surface area contributed by atoms with Gasteiger partial charge in [0.05, 0.1) is 23.3 Å². The molecule has 0 atom stereocenters. The van der Waals surface area contributed by atoms with Gasteiger partial charge in [0.15, 0.2) is 0 Å². The highest BCUT2D eigenvalue weighted by Gasteiger charge is 2.19. The van der Waals surface area contributed by atoms with Gasteiger partial charge in [-0.15, -0.1) is 11.3 Å². The Labute approximate surface area is 177 Å². The molecule has 0 saturated carbocycles. The number of halogens is 1. The third kappa shape index (κ3) is 4.04. The number of aryl methyl sites for hydroxylation is 1. The van der Waals surface area contributed by atoms with Crippen molar-refractivity contribution in [3.05, 3.63) is 75.8 Å². The molecule has 6 nitrogen and oxygen atoms in total. The van der Waals surface area contributed by atoms with Gasteiger partial charge in [0, 0.05) is 25.0 Å². The van der Waals surface area contributed by atoms with Crippen molar-refractivity contribution in [1.29, 1.82) is 0 Å². The molecule has 2 aromatic carbocycles. The minimum Gasteiger partial charge on any atom is -0.487 e. The van der Waals surface area contributed by atoms with Gasteiger partial charge in [-0.2, -0.15) is 0 Å². The van der Waals surface area contributed by atoms with Crippen LogP contribution in [-0.4, -0.2) is 39.4 Å². The van der Waals surface area contributed by atoms with E-state index < -0.39 is 0 Å². The lowest BCUT2D eigenvalue weighted by atomic mass is 10.1. The molecule has 4 aromatic rings. The molecule has 8 heteroatoms. The fourth-order valence-corrected chi connectivity index (χ4v) is 3.80. The second-order valence-electron chi connectivity index (χ2n) is 7.18. The Kier molecular flexibility index (Phi) is 5.50. The average Bonchev–Trinajstić information content (AvgIpc) is 3.34. The quantitative estimate of drug-likeness (QED) is 0.464. The van der Waals surface area contributed by atoms with Crippen LogP contribution in [0, 0.1) is 12.7 Å². The highest BCUT2D eigenvalue weighted by atomic mass is 32.1. The number of carbonyl (C=O) groups is 1. The van der Waals surface area contributed by atoms with Crippen LogP contribution < -0.4 is 4.74 Å². The number of nitrogens with zero attached hydrogens (tertiary/aromatic N) is 4. The van der Waals surface area contributed by atoms with Crippen LogP contribution in [0.25, 0.3) is 11.0 Å². The summed E-state index contributed by atoms with van der Waals surface area (Å²) in [6, 6.07) is 9.69. The summed E-state index contributed by atoms with van der Waals surface area (Å²) >= 11 is 1.54. The average molecular weight is 425 g/mol. The molecule has 0 N–H and O–H groups in total. The summed E-state index contributed by atoms with van der Waals surface area (Å²) in [6.07, 6.45) is 0. The number of fused-ring (bicyclic) bond motifs is 1. The summed E-state index contributed by atoms with van der Waals surface area (Å²) in [4.78, 5) is 23.1. The zero-order valence-electron chi connectivity index (χ0n) is 16.9. The number of aromatic nitrogens is 3. The van der Waals surface area contributed by atoms with Gasteiger partial charge in [-0.25, -0.2) is 14.4 Å². The van der Waals surface area contributed by atoms with Gasteiger partial charge in [0.2, 0.25) is 0 Å². The maximum absolute atomic E-state index is 13.2. The van der Waals surface area contributed by atoms with E-state index in [1.165, 1.54) is 28.4 Å².